The number of carbonyl (C=O) groups excluding carboxylic acids is 2. The van der Waals surface area contributed by atoms with E-state index in [4.69, 9.17) is 34.8 Å². The van der Waals surface area contributed by atoms with E-state index in [1.54, 1.807) is 23.1 Å². The van der Waals surface area contributed by atoms with Gasteiger partial charge in [0.1, 0.15) is 6.04 Å². The molecule has 190 valence electrons. The molecule has 7 heteroatoms. The molecule has 0 aromatic heterocycles. The smallest absolute Gasteiger partial charge is 0.243 e. The zero-order chi connectivity index (χ0) is 26.1. The molecule has 3 aromatic rings. The fourth-order valence-electron chi connectivity index (χ4n) is 3.90. The molecule has 0 spiro atoms. The molecule has 0 aliphatic carbocycles. The molecule has 0 saturated carbocycles. The fraction of sp³-hybridized carbons (Fsp3) is 0.310. The lowest BCUT2D eigenvalue weighted by atomic mass is 10.0. The third-order valence-electron chi connectivity index (χ3n) is 5.88. The van der Waals surface area contributed by atoms with Gasteiger partial charge in [0, 0.05) is 41.0 Å². The number of nitrogens with one attached hydrogen (secondary N) is 1. The molecule has 2 amide bonds. The first-order chi connectivity index (χ1) is 17.2. The van der Waals surface area contributed by atoms with Crippen molar-refractivity contribution >= 4 is 46.6 Å². The SMILES string of the molecule is CC(C)CNC(=O)[C@H](Cc1ccccc1)N(Cc1ccc(Cl)cc1Cl)C(=O)CCc1ccccc1Cl. The van der Waals surface area contributed by atoms with Gasteiger partial charge in [0.05, 0.1) is 0 Å². The topological polar surface area (TPSA) is 49.4 Å². The van der Waals surface area contributed by atoms with Crippen molar-refractivity contribution in [2.24, 2.45) is 5.92 Å². The first-order valence-electron chi connectivity index (χ1n) is 12.0. The summed E-state index contributed by atoms with van der Waals surface area (Å²) >= 11 is 18.9. The van der Waals surface area contributed by atoms with Gasteiger partial charge in [-0.05, 0) is 47.2 Å². The van der Waals surface area contributed by atoms with Crippen molar-refractivity contribution in [3.05, 3.63) is 105 Å². The van der Waals surface area contributed by atoms with Crippen LogP contribution in [0.4, 0.5) is 0 Å². The lowest BCUT2D eigenvalue weighted by Crippen LogP contribution is -2.51. The quantitative estimate of drug-likeness (QED) is 0.282. The Morgan fingerprint density at radius 1 is 0.861 bits per heavy atom. The summed E-state index contributed by atoms with van der Waals surface area (Å²) in [6.45, 7) is 4.77. The molecule has 3 rings (SSSR count). The van der Waals surface area contributed by atoms with Gasteiger partial charge in [-0.2, -0.15) is 0 Å². The number of aryl methyl sites for hydroxylation is 1. The zero-order valence-corrected chi connectivity index (χ0v) is 22.8. The van der Waals surface area contributed by atoms with E-state index in [9.17, 15) is 9.59 Å². The van der Waals surface area contributed by atoms with Gasteiger partial charge in [0.2, 0.25) is 11.8 Å². The Hall–Kier alpha value is -2.53. The highest BCUT2D eigenvalue weighted by atomic mass is 35.5. The highest BCUT2D eigenvalue weighted by molar-refractivity contribution is 6.35. The summed E-state index contributed by atoms with van der Waals surface area (Å²) in [5, 5.41) is 4.60. The second kappa shape index (κ2) is 13.7. The van der Waals surface area contributed by atoms with Crippen LogP contribution < -0.4 is 5.32 Å². The van der Waals surface area contributed by atoms with Gasteiger partial charge in [-0.1, -0.05) is 103 Å². The summed E-state index contributed by atoms with van der Waals surface area (Å²) in [4.78, 5) is 28.8. The summed E-state index contributed by atoms with van der Waals surface area (Å²) in [6, 6.07) is 21.7. The Morgan fingerprint density at radius 2 is 1.56 bits per heavy atom. The lowest BCUT2D eigenvalue weighted by molar-refractivity contribution is -0.141. The summed E-state index contributed by atoms with van der Waals surface area (Å²) in [6.07, 6.45) is 1.06. The average Bonchev–Trinajstić information content (AvgIpc) is 2.85. The Kier molecular flexibility index (Phi) is 10.7. The van der Waals surface area contributed by atoms with Crippen molar-refractivity contribution in [3.8, 4) is 0 Å². The molecule has 1 N–H and O–H groups in total. The summed E-state index contributed by atoms with van der Waals surface area (Å²) < 4.78 is 0. The predicted octanol–water partition coefficient (Wildman–Crippen LogP) is 6.99. The van der Waals surface area contributed by atoms with Crippen molar-refractivity contribution < 1.29 is 9.59 Å². The van der Waals surface area contributed by atoms with Gasteiger partial charge in [-0.15, -0.1) is 0 Å². The molecule has 0 aliphatic rings. The molecule has 0 aliphatic heterocycles. The summed E-state index contributed by atoms with van der Waals surface area (Å²) in [5.74, 6) is -0.0632. The van der Waals surface area contributed by atoms with Crippen molar-refractivity contribution in [1.29, 1.82) is 0 Å². The molecule has 0 heterocycles. The second-order valence-electron chi connectivity index (χ2n) is 9.19. The minimum Gasteiger partial charge on any atom is -0.354 e. The Morgan fingerprint density at radius 3 is 2.22 bits per heavy atom. The molecule has 0 radical (unpaired) electrons. The van der Waals surface area contributed by atoms with E-state index in [0.717, 1.165) is 16.7 Å². The van der Waals surface area contributed by atoms with Crippen molar-refractivity contribution in [2.75, 3.05) is 6.54 Å². The lowest BCUT2D eigenvalue weighted by Gasteiger charge is -2.32. The molecular weight excluding hydrogens is 515 g/mol. The number of carbonyl (C=O) groups is 2. The summed E-state index contributed by atoms with van der Waals surface area (Å²) in [7, 11) is 0. The van der Waals surface area contributed by atoms with Crippen LogP contribution in [0.15, 0.2) is 72.8 Å². The molecule has 36 heavy (non-hydrogen) atoms. The van der Waals surface area contributed by atoms with E-state index in [-0.39, 0.29) is 30.7 Å². The first kappa shape index (κ1) is 28.0. The number of halogens is 3. The van der Waals surface area contributed by atoms with E-state index in [1.165, 1.54) is 0 Å². The van der Waals surface area contributed by atoms with E-state index < -0.39 is 6.04 Å². The van der Waals surface area contributed by atoms with Crippen LogP contribution in [-0.2, 0) is 29.0 Å². The second-order valence-corrected chi connectivity index (χ2v) is 10.4. The summed E-state index contributed by atoms with van der Waals surface area (Å²) in [5.41, 5.74) is 2.58. The predicted molar refractivity (Wildman–Crippen MR) is 149 cm³/mol. The molecule has 0 bridgehead atoms. The Bertz CT molecular complexity index is 1170. The fourth-order valence-corrected chi connectivity index (χ4v) is 4.59. The highest BCUT2D eigenvalue weighted by Crippen LogP contribution is 2.25. The standard InChI is InChI=1S/C29H31Cl3N2O2/c1-20(2)18-33-29(36)27(16-21-8-4-3-5-9-21)34(19-23-12-14-24(30)17-26(23)32)28(35)15-13-22-10-6-7-11-25(22)31/h3-12,14,17,20,27H,13,15-16,18-19H2,1-2H3,(H,33,36)/t27-/m0/s1. The van der Waals surface area contributed by atoms with Crippen molar-refractivity contribution in [3.63, 3.8) is 0 Å². The van der Waals surface area contributed by atoms with Crippen LogP contribution >= 0.6 is 34.8 Å². The molecular formula is C29H31Cl3N2O2. The van der Waals surface area contributed by atoms with Crippen LogP contribution in [0, 0.1) is 5.92 Å². The zero-order valence-electron chi connectivity index (χ0n) is 20.5. The van der Waals surface area contributed by atoms with Crippen LogP contribution in [0.25, 0.3) is 0 Å². The van der Waals surface area contributed by atoms with Crippen molar-refractivity contribution in [2.45, 2.75) is 45.7 Å². The van der Waals surface area contributed by atoms with Crippen LogP contribution in [0.2, 0.25) is 15.1 Å². The van der Waals surface area contributed by atoms with Gasteiger partial charge in [-0.25, -0.2) is 0 Å². The molecule has 4 nitrogen and oxygen atoms in total. The van der Waals surface area contributed by atoms with E-state index in [1.807, 2.05) is 68.4 Å². The third-order valence-corrected chi connectivity index (χ3v) is 6.83. The Balaban J connectivity index is 1.94. The largest absolute Gasteiger partial charge is 0.354 e. The molecule has 0 saturated heterocycles. The number of benzene rings is 3. The average molecular weight is 546 g/mol. The third kappa shape index (κ3) is 8.26. The number of hydrogen-bond acceptors (Lipinski definition) is 2. The van der Waals surface area contributed by atoms with Crippen LogP contribution in [-0.4, -0.2) is 29.3 Å². The van der Waals surface area contributed by atoms with E-state index in [2.05, 4.69) is 5.32 Å². The maximum Gasteiger partial charge on any atom is 0.243 e. The maximum absolute atomic E-state index is 13.7. The minimum atomic E-state index is -0.711. The van der Waals surface area contributed by atoms with Gasteiger partial charge in [-0.3, -0.25) is 9.59 Å². The number of rotatable bonds is 11. The number of nitrogens with zero attached hydrogens (tertiary/aromatic N) is 1. The van der Waals surface area contributed by atoms with Gasteiger partial charge < -0.3 is 10.2 Å². The molecule has 3 aromatic carbocycles. The number of amides is 2. The van der Waals surface area contributed by atoms with Crippen LogP contribution in [0.3, 0.4) is 0 Å². The monoisotopic (exact) mass is 544 g/mol. The number of hydrogen-bond donors (Lipinski definition) is 1. The normalized spacial score (nSPS) is 11.8. The maximum atomic E-state index is 13.7. The highest BCUT2D eigenvalue weighted by Gasteiger charge is 2.30. The molecule has 1 atom stereocenters. The van der Waals surface area contributed by atoms with Gasteiger partial charge >= 0.3 is 0 Å². The Labute approximate surface area is 228 Å². The van der Waals surface area contributed by atoms with Crippen molar-refractivity contribution in [1.82, 2.24) is 10.2 Å². The van der Waals surface area contributed by atoms with Crippen LogP contribution in [0.5, 0.6) is 0 Å². The van der Waals surface area contributed by atoms with Gasteiger partial charge in [0.15, 0.2) is 0 Å². The van der Waals surface area contributed by atoms with Crippen LogP contribution in [0.1, 0.15) is 37.0 Å². The van der Waals surface area contributed by atoms with E-state index in [0.29, 0.717) is 34.5 Å². The molecule has 0 unspecified atom stereocenters. The first-order valence-corrected chi connectivity index (χ1v) is 13.2. The minimum absolute atomic E-state index is 0.151. The molecule has 0 fully saturated rings. The van der Waals surface area contributed by atoms with Gasteiger partial charge in [0.25, 0.3) is 0 Å². The van der Waals surface area contributed by atoms with E-state index >= 15 is 0 Å².